The van der Waals surface area contributed by atoms with Crippen LogP contribution in [0.5, 0.6) is 5.75 Å². The summed E-state index contributed by atoms with van der Waals surface area (Å²) in [6.45, 7) is 0.247. The van der Waals surface area contributed by atoms with Gasteiger partial charge in [-0.2, -0.15) is 0 Å². The van der Waals surface area contributed by atoms with Crippen LogP contribution < -0.4 is 10.6 Å². The van der Waals surface area contributed by atoms with Crippen LogP contribution in [0.1, 0.15) is 5.56 Å². The van der Waals surface area contributed by atoms with E-state index in [0.29, 0.717) is 0 Å². The van der Waals surface area contributed by atoms with Crippen molar-refractivity contribution in [3.63, 3.8) is 0 Å². The molecule has 66 valence electrons. The van der Waals surface area contributed by atoms with Crippen molar-refractivity contribution in [3.8, 4) is 5.75 Å². The zero-order valence-electron chi connectivity index (χ0n) is 6.71. The van der Waals surface area contributed by atoms with Gasteiger partial charge in [0.15, 0.2) is 11.6 Å². The van der Waals surface area contributed by atoms with Crippen LogP contribution >= 0.6 is 0 Å². The minimum Gasteiger partial charge on any atom is -0.494 e. The lowest BCUT2D eigenvalue weighted by Crippen LogP contribution is -1.99. The van der Waals surface area contributed by atoms with Crippen LogP contribution in [0.4, 0.5) is 4.39 Å². The summed E-state index contributed by atoms with van der Waals surface area (Å²) in [5, 5.41) is 0. The van der Waals surface area contributed by atoms with Crippen molar-refractivity contribution < 1.29 is 14.0 Å². The van der Waals surface area contributed by atoms with Crippen molar-refractivity contribution in [2.75, 3.05) is 7.11 Å². The van der Waals surface area contributed by atoms with Crippen LogP contribution in [0, 0.1) is 5.82 Å². The lowest BCUT2D eigenvalue weighted by molar-refractivity contribution is 0.124. The second kappa shape index (κ2) is 4.04. The van der Waals surface area contributed by atoms with Crippen LogP contribution in [0.15, 0.2) is 18.2 Å². The van der Waals surface area contributed by atoms with E-state index in [-0.39, 0.29) is 12.4 Å². The van der Waals surface area contributed by atoms with Crippen molar-refractivity contribution in [3.05, 3.63) is 29.6 Å². The molecule has 0 atom stereocenters. The fourth-order valence-electron chi connectivity index (χ4n) is 0.890. The van der Waals surface area contributed by atoms with E-state index >= 15 is 0 Å². The molecule has 1 aromatic rings. The Morgan fingerprint density at radius 2 is 2.25 bits per heavy atom. The summed E-state index contributed by atoms with van der Waals surface area (Å²) in [5.74, 6) is 4.66. The number of methoxy groups -OCH3 is 1. The molecule has 0 saturated carbocycles. The molecular weight excluding hydrogens is 161 g/mol. The summed E-state index contributed by atoms with van der Waals surface area (Å²) < 4.78 is 17.6. The molecular formula is C8H10FNO2. The second-order valence-electron chi connectivity index (χ2n) is 2.28. The van der Waals surface area contributed by atoms with Gasteiger partial charge in [0.25, 0.3) is 0 Å². The molecule has 0 unspecified atom stereocenters. The van der Waals surface area contributed by atoms with Crippen molar-refractivity contribution in [2.45, 2.75) is 6.61 Å². The Labute approximate surface area is 69.8 Å². The summed E-state index contributed by atoms with van der Waals surface area (Å²) in [6.07, 6.45) is 0. The van der Waals surface area contributed by atoms with Crippen LogP contribution in [0.3, 0.4) is 0 Å². The second-order valence-corrected chi connectivity index (χ2v) is 2.28. The molecule has 0 radical (unpaired) electrons. The summed E-state index contributed by atoms with van der Waals surface area (Å²) in [5.41, 5.74) is 0.774. The first kappa shape index (κ1) is 8.96. The monoisotopic (exact) mass is 171 g/mol. The number of rotatable bonds is 3. The molecule has 3 nitrogen and oxygen atoms in total. The molecule has 0 aliphatic heterocycles. The van der Waals surface area contributed by atoms with Crippen LogP contribution in [-0.2, 0) is 11.4 Å². The first-order chi connectivity index (χ1) is 5.77. The molecule has 1 rings (SSSR count). The largest absolute Gasteiger partial charge is 0.494 e. The van der Waals surface area contributed by atoms with Crippen LogP contribution in [-0.4, -0.2) is 7.11 Å². The minimum absolute atomic E-state index is 0.199. The first-order valence-corrected chi connectivity index (χ1v) is 3.42. The zero-order chi connectivity index (χ0) is 8.97. The molecule has 1 aromatic carbocycles. The number of benzene rings is 1. The van der Waals surface area contributed by atoms with Crippen molar-refractivity contribution in [1.82, 2.24) is 0 Å². The van der Waals surface area contributed by atoms with Gasteiger partial charge in [0.05, 0.1) is 13.7 Å². The molecule has 2 N–H and O–H groups in total. The molecule has 4 heteroatoms. The molecule has 0 aliphatic carbocycles. The average Bonchev–Trinajstić information content (AvgIpc) is 2.09. The molecule has 12 heavy (non-hydrogen) atoms. The van der Waals surface area contributed by atoms with E-state index in [0.717, 1.165) is 5.56 Å². The fraction of sp³-hybridized carbons (Fsp3) is 0.250. The van der Waals surface area contributed by atoms with Gasteiger partial charge in [-0.1, -0.05) is 6.07 Å². The van der Waals surface area contributed by atoms with Gasteiger partial charge < -0.3 is 4.74 Å². The predicted molar refractivity (Wildman–Crippen MR) is 41.9 cm³/mol. The number of ether oxygens (including phenoxy) is 1. The van der Waals surface area contributed by atoms with E-state index in [2.05, 4.69) is 4.84 Å². The summed E-state index contributed by atoms with van der Waals surface area (Å²) in [6, 6.07) is 4.44. The maximum absolute atomic E-state index is 12.8. The Morgan fingerprint density at radius 1 is 1.50 bits per heavy atom. The molecule has 0 aliphatic rings. The SMILES string of the molecule is COc1cc(CON)ccc1F. The standard InChI is InChI=1S/C8H10FNO2/c1-11-8-4-6(5-12-10)2-3-7(8)9/h2-4H,5,10H2,1H3. The van der Waals surface area contributed by atoms with Gasteiger partial charge in [0, 0.05) is 0 Å². The fourth-order valence-corrected chi connectivity index (χ4v) is 0.890. The Balaban J connectivity index is 2.89. The molecule has 0 amide bonds. The summed E-state index contributed by atoms with van der Waals surface area (Å²) in [4.78, 5) is 4.39. The Kier molecular flexibility index (Phi) is 3.01. The van der Waals surface area contributed by atoms with E-state index in [1.807, 2.05) is 0 Å². The maximum Gasteiger partial charge on any atom is 0.165 e. The normalized spacial score (nSPS) is 9.92. The third-order valence-corrected chi connectivity index (χ3v) is 1.47. The molecule has 0 heterocycles. The maximum atomic E-state index is 12.8. The zero-order valence-corrected chi connectivity index (χ0v) is 6.71. The lowest BCUT2D eigenvalue weighted by Gasteiger charge is -2.03. The highest BCUT2D eigenvalue weighted by atomic mass is 19.1. The Bertz CT molecular complexity index is 265. The predicted octanol–water partition coefficient (Wildman–Crippen LogP) is 1.22. The topological polar surface area (TPSA) is 44.5 Å². The van der Waals surface area contributed by atoms with Gasteiger partial charge in [0.2, 0.25) is 0 Å². The molecule has 0 fully saturated rings. The summed E-state index contributed by atoms with van der Waals surface area (Å²) >= 11 is 0. The van der Waals surface area contributed by atoms with Crippen LogP contribution in [0.25, 0.3) is 0 Å². The van der Waals surface area contributed by atoms with E-state index in [9.17, 15) is 4.39 Å². The van der Waals surface area contributed by atoms with Crippen molar-refractivity contribution >= 4 is 0 Å². The van der Waals surface area contributed by atoms with Crippen molar-refractivity contribution in [2.24, 2.45) is 5.90 Å². The average molecular weight is 171 g/mol. The lowest BCUT2D eigenvalue weighted by atomic mass is 10.2. The van der Waals surface area contributed by atoms with Gasteiger partial charge >= 0.3 is 0 Å². The highest BCUT2D eigenvalue weighted by Crippen LogP contribution is 2.18. The van der Waals surface area contributed by atoms with Gasteiger partial charge in [-0.25, -0.2) is 10.3 Å². The van der Waals surface area contributed by atoms with Gasteiger partial charge in [0.1, 0.15) is 0 Å². The number of halogens is 1. The highest BCUT2D eigenvalue weighted by Gasteiger charge is 2.02. The van der Waals surface area contributed by atoms with E-state index < -0.39 is 5.82 Å². The first-order valence-electron chi connectivity index (χ1n) is 3.42. The third kappa shape index (κ3) is 1.93. The number of hydrogen-bond acceptors (Lipinski definition) is 3. The quantitative estimate of drug-likeness (QED) is 0.695. The van der Waals surface area contributed by atoms with E-state index in [4.69, 9.17) is 10.6 Å². The van der Waals surface area contributed by atoms with Crippen LogP contribution in [0.2, 0.25) is 0 Å². The highest BCUT2D eigenvalue weighted by molar-refractivity contribution is 5.29. The third-order valence-electron chi connectivity index (χ3n) is 1.47. The minimum atomic E-state index is -0.390. The van der Waals surface area contributed by atoms with Gasteiger partial charge in [-0.15, -0.1) is 0 Å². The Morgan fingerprint density at radius 3 is 2.83 bits per heavy atom. The summed E-state index contributed by atoms with van der Waals surface area (Å²) in [7, 11) is 1.41. The molecule has 0 aromatic heterocycles. The van der Waals surface area contributed by atoms with Crippen molar-refractivity contribution in [1.29, 1.82) is 0 Å². The number of hydrogen-bond donors (Lipinski definition) is 1. The van der Waals surface area contributed by atoms with E-state index in [1.165, 1.54) is 13.2 Å². The number of nitrogens with two attached hydrogens (primary N) is 1. The van der Waals surface area contributed by atoms with Gasteiger partial charge in [-0.05, 0) is 17.7 Å². The molecule has 0 spiro atoms. The Hall–Kier alpha value is -1.13. The molecule has 0 saturated heterocycles. The smallest absolute Gasteiger partial charge is 0.165 e. The van der Waals surface area contributed by atoms with E-state index in [1.54, 1.807) is 12.1 Å². The molecule has 0 bridgehead atoms. The van der Waals surface area contributed by atoms with Gasteiger partial charge in [-0.3, -0.25) is 4.84 Å².